The van der Waals surface area contributed by atoms with Gasteiger partial charge in [-0.15, -0.1) is 5.10 Å². The van der Waals surface area contributed by atoms with Gasteiger partial charge in [0, 0.05) is 6.54 Å². The predicted octanol–water partition coefficient (Wildman–Crippen LogP) is -0.224. The fraction of sp³-hybridized carbons (Fsp3) is 0.250. The molecular weight excluding hydrogens is 232 g/mol. The summed E-state index contributed by atoms with van der Waals surface area (Å²) in [5.74, 6) is 0. The average Bonchev–Trinajstić information content (AvgIpc) is 2.61. The van der Waals surface area contributed by atoms with Gasteiger partial charge in [0.25, 0.3) is 10.1 Å². The minimum absolute atomic E-state index is 0.272. The molecule has 0 radical (unpaired) electrons. The third-order valence-electron chi connectivity index (χ3n) is 2.20. The van der Waals surface area contributed by atoms with Crippen LogP contribution in [-0.2, 0) is 10.1 Å². The molecular formula is C8H10N4O3S. The summed E-state index contributed by atoms with van der Waals surface area (Å²) in [5, 5.41) is 6.16. The number of para-hydroxylation sites is 1. The molecule has 2 aromatic rings. The van der Waals surface area contributed by atoms with E-state index in [0.29, 0.717) is 11.0 Å². The highest BCUT2D eigenvalue weighted by molar-refractivity contribution is 7.85. The number of fused-ring (bicyclic) bond motifs is 1. The largest absolute Gasteiger partial charge is 0.327 e. The van der Waals surface area contributed by atoms with Crippen LogP contribution in [-0.4, -0.2) is 34.5 Å². The van der Waals surface area contributed by atoms with Crippen molar-refractivity contribution in [1.29, 1.82) is 0 Å². The number of rotatable bonds is 3. The molecule has 8 heteroatoms. The Morgan fingerprint density at radius 2 is 2.12 bits per heavy atom. The molecule has 0 spiro atoms. The first-order valence-electron chi connectivity index (χ1n) is 4.50. The molecule has 1 heterocycles. The lowest BCUT2D eigenvalue weighted by atomic mass is 10.3. The summed E-state index contributed by atoms with van der Waals surface area (Å²) in [6.07, 6.45) is 0. The van der Waals surface area contributed by atoms with E-state index in [1.54, 1.807) is 24.3 Å². The quantitative estimate of drug-likeness (QED) is 0.719. The van der Waals surface area contributed by atoms with Gasteiger partial charge < -0.3 is 5.73 Å². The Balaban J connectivity index is 2.63. The van der Waals surface area contributed by atoms with Crippen LogP contribution in [0.25, 0.3) is 11.0 Å². The minimum Gasteiger partial charge on any atom is -0.327 e. The van der Waals surface area contributed by atoms with E-state index in [9.17, 15) is 8.42 Å². The number of aromatic nitrogens is 3. The van der Waals surface area contributed by atoms with E-state index in [-0.39, 0.29) is 6.54 Å². The van der Waals surface area contributed by atoms with Gasteiger partial charge in [0.2, 0.25) is 0 Å². The van der Waals surface area contributed by atoms with Crippen LogP contribution < -0.4 is 5.73 Å². The van der Waals surface area contributed by atoms with Gasteiger partial charge in [0.15, 0.2) is 5.37 Å². The smallest absolute Gasteiger partial charge is 0.289 e. The number of hydrogen-bond donors (Lipinski definition) is 2. The van der Waals surface area contributed by atoms with Crippen molar-refractivity contribution in [2.45, 2.75) is 5.37 Å². The van der Waals surface area contributed by atoms with Crippen LogP contribution in [0.2, 0.25) is 0 Å². The van der Waals surface area contributed by atoms with Crippen molar-refractivity contribution in [3.8, 4) is 0 Å². The number of nitrogens with two attached hydrogens (primary N) is 1. The SMILES string of the molecule is NCC(n1nnc2ccccc21)S(=O)(=O)O. The molecule has 0 fully saturated rings. The molecule has 1 aromatic heterocycles. The highest BCUT2D eigenvalue weighted by Gasteiger charge is 2.26. The van der Waals surface area contributed by atoms with E-state index in [2.05, 4.69) is 10.3 Å². The third kappa shape index (κ3) is 1.77. The summed E-state index contributed by atoms with van der Waals surface area (Å²) in [4.78, 5) is 0. The molecule has 0 aliphatic heterocycles. The van der Waals surface area contributed by atoms with E-state index in [4.69, 9.17) is 10.3 Å². The van der Waals surface area contributed by atoms with Crippen molar-refractivity contribution < 1.29 is 13.0 Å². The zero-order valence-electron chi connectivity index (χ0n) is 8.18. The van der Waals surface area contributed by atoms with Gasteiger partial charge in [-0.3, -0.25) is 4.55 Å². The first kappa shape index (κ1) is 11.0. The maximum atomic E-state index is 11.1. The average molecular weight is 242 g/mol. The van der Waals surface area contributed by atoms with E-state index in [1.807, 2.05) is 0 Å². The van der Waals surface area contributed by atoms with Gasteiger partial charge in [0.1, 0.15) is 5.52 Å². The van der Waals surface area contributed by atoms with Crippen molar-refractivity contribution in [3.63, 3.8) is 0 Å². The van der Waals surface area contributed by atoms with Crippen LogP contribution in [0, 0.1) is 0 Å². The maximum Gasteiger partial charge on any atom is 0.289 e. The number of benzene rings is 1. The van der Waals surface area contributed by atoms with Crippen molar-refractivity contribution >= 4 is 21.2 Å². The van der Waals surface area contributed by atoms with Gasteiger partial charge in [-0.1, -0.05) is 17.3 Å². The third-order valence-corrected chi connectivity index (χ3v) is 3.28. The van der Waals surface area contributed by atoms with Crippen molar-refractivity contribution in [2.24, 2.45) is 5.73 Å². The topological polar surface area (TPSA) is 111 Å². The lowest BCUT2D eigenvalue weighted by molar-refractivity contribution is 0.435. The molecule has 1 unspecified atom stereocenters. The van der Waals surface area contributed by atoms with Crippen LogP contribution in [0.3, 0.4) is 0 Å². The van der Waals surface area contributed by atoms with E-state index >= 15 is 0 Å². The van der Waals surface area contributed by atoms with Crippen LogP contribution in [0.1, 0.15) is 5.37 Å². The van der Waals surface area contributed by atoms with Crippen LogP contribution in [0.5, 0.6) is 0 Å². The van der Waals surface area contributed by atoms with Gasteiger partial charge in [-0.05, 0) is 12.1 Å². The van der Waals surface area contributed by atoms with Crippen molar-refractivity contribution in [3.05, 3.63) is 24.3 Å². The fourth-order valence-electron chi connectivity index (χ4n) is 1.45. The van der Waals surface area contributed by atoms with Gasteiger partial charge >= 0.3 is 0 Å². The Morgan fingerprint density at radius 1 is 1.44 bits per heavy atom. The highest BCUT2D eigenvalue weighted by Crippen LogP contribution is 2.18. The van der Waals surface area contributed by atoms with Crippen LogP contribution in [0.4, 0.5) is 0 Å². The lowest BCUT2D eigenvalue weighted by Crippen LogP contribution is -2.27. The molecule has 2 rings (SSSR count). The summed E-state index contributed by atoms with van der Waals surface area (Å²) >= 11 is 0. The Morgan fingerprint density at radius 3 is 2.75 bits per heavy atom. The van der Waals surface area contributed by atoms with E-state index in [0.717, 1.165) is 4.68 Å². The highest BCUT2D eigenvalue weighted by atomic mass is 32.2. The molecule has 3 N–H and O–H groups in total. The fourth-order valence-corrected chi connectivity index (χ4v) is 2.10. The zero-order valence-corrected chi connectivity index (χ0v) is 9.00. The summed E-state index contributed by atoms with van der Waals surface area (Å²) in [6.45, 7) is -0.272. The second-order valence-electron chi connectivity index (χ2n) is 3.23. The van der Waals surface area contributed by atoms with E-state index < -0.39 is 15.5 Å². The molecule has 0 saturated heterocycles. The molecule has 1 aromatic carbocycles. The maximum absolute atomic E-state index is 11.1. The summed E-state index contributed by atoms with van der Waals surface area (Å²) < 4.78 is 32.3. The molecule has 0 saturated carbocycles. The van der Waals surface area contributed by atoms with Gasteiger partial charge in [-0.2, -0.15) is 8.42 Å². The van der Waals surface area contributed by atoms with Crippen molar-refractivity contribution in [2.75, 3.05) is 6.54 Å². The minimum atomic E-state index is -4.29. The molecule has 7 nitrogen and oxygen atoms in total. The van der Waals surface area contributed by atoms with Gasteiger partial charge in [-0.25, -0.2) is 4.68 Å². The molecule has 0 aliphatic carbocycles. The summed E-state index contributed by atoms with van der Waals surface area (Å²) in [5.41, 5.74) is 6.37. The molecule has 1 atom stereocenters. The molecule has 0 amide bonds. The van der Waals surface area contributed by atoms with Gasteiger partial charge in [0.05, 0.1) is 5.52 Å². The Bertz CT molecular complexity index is 607. The monoisotopic (exact) mass is 242 g/mol. The Kier molecular flexibility index (Phi) is 2.62. The predicted molar refractivity (Wildman–Crippen MR) is 57.2 cm³/mol. The zero-order chi connectivity index (χ0) is 11.8. The first-order valence-corrected chi connectivity index (χ1v) is 6.00. The lowest BCUT2D eigenvalue weighted by Gasteiger charge is -2.11. The Hall–Kier alpha value is -1.51. The number of hydrogen-bond acceptors (Lipinski definition) is 5. The molecule has 0 aliphatic rings. The van der Waals surface area contributed by atoms with Crippen LogP contribution >= 0.6 is 0 Å². The molecule has 86 valence electrons. The van der Waals surface area contributed by atoms with Crippen molar-refractivity contribution in [1.82, 2.24) is 15.0 Å². The number of nitrogens with zero attached hydrogens (tertiary/aromatic N) is 3. The normalized spacial score (nSPS) is 14.1. The first-order chi connectivity index (χ1) is 7.54. The standard InChI is InChI=1S/C8H10N4O3S/c9-5-8(16(13,14)15)12-7-4-2-1-3-6(7)10-11-12/h1-4,8H,5,9H2,(H,13,14,15). The second kappa shape index (κ2) is 3.81. The molecule has 0 bridgehead atoms. The van der Waals surface area contributed by atoms with Crippen LogP contribution in [0.15, 0.2) is 24.3 Å². The molecule has 16 heavy (non-hydrogen) atoms. The summed E-state index contributed by atoms with van der Waals surface area (Å²) in [7, 11) is -4.29. The second-order valence-corrected chi connectivity index (χ2v) is 4.80. The summed E-state index contributed by atoms with van der Waals surface area (Å²) in [6, 6.07) is 6.82. The van der Waals surface area contributed by atoms with E-state index in [1.165, 1.54) is 0 Å². The Labute approximate surface area is 91.6 Å².